The predicted octanol–water partition coefficient (Wildman–Crippen LogP) is 11.2. The first-order chi connectivity index (χ1) is 19.7. The largest absolute Gasteiger partial charge is 0.127 e. The van der Waals surface area contributed by atoms with Gasteiger partial charge in [-0.15, -0.1) is 22.7 Å². The van der Waals surface area contributed by atoms with Crippen LogP contribution in [0, 0.1) is 23.7 Å². The maximum atomic E-state index is 3.40. The van der Waals surface area contributed by atoms with E-state index in [1.54, 1.807) is 22.7 Å². The van der Waals surface area contributed by atoms with E-state index in [1.165, 1.54) is 95.5 Å². The average molecular weight is 559 g/mol. The SMILES string of the molecule is CCCCCCc1ccc(C#Cc2cc3cc4sc(C#Cc5ccc(CCCCCC)cc5)cc4cc3s2)cc1. The van der Waals surface area contributed by atoms with E-state index in [0.717, 1.165) is 20.9 Å². The first-order valence-electron chi connectivity index (χ1n) is 14.9. The minimum atomic E-state index is 1.08. The third-order valence-electron chi connectivity index (χ3n) is 7.36. The molecule has 3 aromatic carbocycles. The predicted molar refractivity (Wildman–Crippen MR) is 178 cm³/mol. The lowest BCUT2D eigenvalue weighted by atomic mass is 10.0. The molecule has 0 aliphatic carbocycles. The summed E-state index contributed by atoms with van der Waals surface area (Å²) < 4.78 is 2.57. The van der Waals surface area contributed by atoms with Crippen LogP contribution in [-0.4, -0.2) is 0 Å². The summed E-state index contributed by atoms with van der Waals surface area (Å²) in [5.41, 5.74) is 5.00. The second-order valence-corrected chi connectivity index (χ2v) is 12.8. The maximum Gasteiger partial charge on any atom is 0.0784 e. The monoisotopic (exact) mass is 558 g/mol. The van der Waals surface area contributed by atoms with Crippen molar-refractivity contribution in [2.24, 2.45) is 0 Å². The molecule has 2 heterocycles. The molecule has 0 aliphatic heterocycles. The quantitative estimate of drug-likeness (QED) is 0.118. The lowest BCUT2D eigenvalue weighted by Gasteiger charge is -2.01. The van der Waals surface area contributed by atoms with Gasteiger partial charge in [0, 0.05) is 20.5 Å². The van der Waals surface area contributed by atoms with Crippen LogP contribution in [0.5, 0.6) is 0 Å². The third kappa shape index (κ3) is 7.88. The number of fused-ring (bicyclic) bond motifs is 2. The van der Waals surface area contributed by atoms with Crippen molar-refractivity contribution in [3.8, 4) is 23.7 Å². The van der Waals surface area contributed by atoms with Crippen molar-refractivity contribution >= 4 is 42.8 Å². The van der Waals surface area contributed by atoms with Gasteiger partial charge in [-0.25, -0.2) is 0 Å². The minimum absolute atomic E-state index is 1.08. The topological polar surface area (TPSA) is 0 Å². The standard InChI is InChI=1S/C38H38S2/c1-3-5-7-9-11-29-13-17-31(18-14-29)21-23-35-25-33-27-38-34(28-37(33)39-35)26-36(40-38)24-22-32-19-15-30(16-20-32)12-10-8-6-4-2/h13-20,25-28H,3-12H2,1-2H3. The molecule has 202 valence electrons. The highest BCUT2D eigenvalue weighted by Crippen LogP contribution is 2.34. The van der Waals surface area contributed by atoms with E-state index in [1.807, 2.05) is 0 Å². The van der Waals surface area contributed by atoms with Crippen LogP contribution in [0.3, 0.4) is 0 Å². The van der Waals surface area contributed by atoms with E-state index in [-0.39, 0.29) is 0 Å². The molecule has 0 atom stereocenters. The Hall–Kier alpha value is -3.30. The van der Waals surface area contributed by atoms with Crippen LogP contribution in [-0.2, 0) is 12.8 Å². The van der Waals surface area contributed by atoms with E-state index in [4.69, 9.17) is 0 Å². The molecule has 0 bridgehead atoms. The van der Waals surface area contributed by atoms with E-state index < -0.39 is 0 Å². The molecule has 0 saturated heterocycles. The molecule has 0 amide bonds. The molecule has 5 rings (SSSR count). The van der Waals surface area contributed by atoms with Crippen LogP contribution in [0.1, 0.15) is 97.2 Å². The van der Waals surface area contributed by atoms with E-state index in [9.17, 15) is 0 Å². The van der Waals surface area contributed by atoms with Gasteiger partial charge >= 0.3 is 0 Å². The highest BCUT2D eigenvalue weighted by atomic mass is 32.1. The van der Waals surface area contributed by atoms with Crippen molar-refractivity contribution in [2.75, 3.05) is 0 Å². The molecule has 0 radical (unpaired) electrons. The Bertz CT molecular complexity index is 1480. The second-order valence-electron chi connectivity index (χ2n) is 10.7. The third-order valence-corrected chi connectivity index (χ3v) is 9.39. The van der Waals surface area contributed by atoms with Crippen LogP contribution in [0.2, 0.25) is 0 Å². The van der Waals surface area contributed by atoms with Crippen molar-refractivity contribution in [2.45, 2.75) is 78.1 Å². The van der Waals surface area contributed by atoms with Gasteiger partial charge in [-0.3, -0.25) is 0 Å². The van der Waals surface area contributed by atoms with Crippen molar-refractivity contribution in [3.05, 3.63) is 105 Å². The molecule has 0 fully saturated rings. The molecule has 2 heteroatoms. The van der Waals surface area contributed by atoms with Gasteiger partial charge in [0.05, 0.1) is 9.75 Å². The maximum absolute atomic E-state index is 3.40. The number of aryl methyl sites for hydroxylation is 2. The zero-order valence-electron chi connectivity index (χ0n) is 23.8. The Labute approximate surface area is 248 Å². The highest BCUT2D eigenvalue weighted by Gasteiger charge is 2.06. The summed E-state index contributed by atoms with van der Waals surface area (Å²) in [5, 5.41) is 2.53. The summed E-state index contributed by atoms with van der Waals surface area (Å²) in [6.45, 7) is 4.52. The molecule has 5 aromatic rings. The number of unbranched alkanes of at least 4 members (excludes halogenated alkanes) is 6. The lowest BCUT2D eigenvalue weighted by Crippen LogP contribution is -1.86. The number of hydrogen-bond donors (Lipinski definition) is 0. The average Bonchev–Trinajstić information content (AvgIpc) is 3.57. The lowest BCUT2D eigenvalue weighted by molar-refractivity contribution is 0.667. The van der Waals surface area contributed by atoms with E-state index >= 15 is 0 Å². The van der Waals surface area contributed by atoms with E-state index in [0.29, 0.717) is 0 Å². The van der Waals surface area contributed by atoms with Gasteiger partial charge in [0.2, 0.25) is 0 Å². The number of benzene rings is 3. The van der Waals surface area contributed by atoms with Crippen molar-refractivity contribution in [1.82, 2.24) is 0 Å². The van der Waals surface area contributed by atoms with Crippen LogP contribution in [0.4, 0.5) is 0 Å². The molecule has 0 unspecified atom stereocenters. The molecule has 0 N–H and O–H groups in total. The zero-order valence-corrected chi connectivity index (χ0v) is 25.4. The summed E-state index contributed by atoms with van der Waals surface area (Å²) in [4.78, 5) is 2.23. The highest BCUT2D eigenvalue weighted by molar-refractivity contribution is 7.21. The molecular weight excluding hydrogens is 521 g/mol. The summed E-state index contributed by atoms with van der Waals surface area (Å²) in [7, 11) is 0. The fourth-order valence-corrected chi connectivity index (χ4v) is 6.88. The number of thiophene rings is 2. The zero-order chi connectivity index (χ0) is 27.6. The second kappa shape index (κ2) is 14.4. The molecule has 0 aliphatic rings. The Morgan fingerprint density at radius 1 is 0.475 bits per heavy atom. The Balaban J connectivity index is 1.22. The Morgan fingerprint density at radius 2 is 0.900 bits per heavy atom. The van der Waals surface area contributed by atoms with Gasteiger partial charge in [0.15, 0.2) is 0 Å². The van der Waals surface area contributed by atoms with Crippen LogP contribution >= 0.6 is 22.7 Å². The van der Waals surface area contributed by atoms with Gasteiger partial charge < -0.3 is 0 Å². The van der Waals surface area contributed by atoms with E-state index in [2.05, 4.69) is 110 Å². The fraction of sp³-hybridized carbons (Fsp3) is 0.316. The molecular formula is C38H38S2. The van der Waals surface area contributed by atoms with Crippen LogP contribution in [0.25, 0.3) is 20.2 Å². The fourth-order valence-electron chi connectivity index (χ4n) is 4.98. The first kappa shape index (κ1) is 28.2. The smallest absolute Gasteiger partial charge is 0.0784 e. The van der Waals surface area contributed by atoms with Gasteiger partial charge in [0.25, 0.3) is 0 Å². The summed E-state index contributed by atoms with van der Waals surface area (Å²) in [6.07, 6.45) is 12.8. The Kier molecular flexibility index (Phi) is 10.1. The van der Waals surface area contributed by atoms with Crippen molar-refractivity contribution in [3.63, 3.8) is 0 Å². The normalized spacial score (nSPS) is 10.8. The molecule has 0 nitrogen and oxygen atoms in total. The van der Waals surface area contributed by atoms with Crippen LogP contribution in [0.15, 0.2) is 72.8 Å². The van der Waals surface area contributed by atoms with Crippen molar-refractivity contribution in [1.29, 1.82) is 0 Å². The van der Waals surface area contributed by atoms with Crippen molar-refractivity contribution < 1.29 is 0 Å². The van der Waals surface area contributed by atoms with Gasteiger partial charge in [-0.05, 0) is 96.1 Å². The van der Waals surface area contributed by atoms with Crippen LogP contribution < -0.4 is 0 Å². The summed E-state index contributed by atoms with van der Waals surface area (Å²) >= 11 is 3.55. The summed E-state index contributed by atoms with van der Waals surface area (Å²) in [6, 6.07) is 26.6. The minimum Gasteiger partial charge on any atom is -0.127 e. The molecule has 40 heavy (non-hydrogen) atoms. The summed E-state index contributed by atoms with van der Waals surface area (Å²) in [5.74, 6) is 13.5. The number of hydrogen-bond acceptors (Lipinski definition) is 2. The molecule has 0 saturated carbocycles. The Morgan fingerprint density at radius 3 is 1.30 bits per heavy atom. The number of rotatable bonds is 10. The molecule has 2 aromatic heterocycles. The first-order valence-corrected chi connectivity index (χ1v) is 16.5. The van der Waals surface area contributed by atoms with Gasteiger partial charge in [0.1, 0.15) is 0 Å². The molecule has 0 spiro atoms. The van der Waals surface area contributed by atoms with Gasteiger partial charge in [-0.2, -0.15) is 0 Å². The van der Waals surface area contributed by atoms with Gasteiger partial charge in [-0.1, -0.05) is 100 Å².